The van der Waals surface area contributed by atoms with E-state index < -0.39 is 0 Å². The minimum absolute atomic E-state index is 0.0556. The van der Waals surface area contributed by atoms with Crippen molar-refractivity contribution >= 4 is 23.1 Å². The summed E-state index contributed by atoms with van der Waals surface area (Å²) in [6, 6.07) is 0.109. The van der Waals surface area contributed by atoms with E-state index in [1.807, 2.05) is 11.8 Å². The fraction of sp³-hybridized carbons (Fsp3) is 0.467. The van der Waals surface area contributed by atoms with Crippen molar-refractivity contribution in [1.29, 1.82) is 0 Å². The largest absolute Gasteiger partial charge is 0.352 e. The van der Waals surface area contributed by atoms with Gasteiger partial charge in [-0.2, -0.15) is 0 Å². The summed E-state index contributed by atoms with van der Waals surface area (Å²) in [5.74, 6) is 0.370. The van der Waals surface area contributed by atoms with Gasteiger partial charge in [-0.3, -0.25) is 9.59 Å². The standard InChI is InChI=1S/C15H19N5O2S/c1-2-19-8-5-16-13(15(19)22)20-6-3-11(4-7-20)18-14(21)12-9-23-10-17-12/h5,8-11H,2-4,6-7H2,1H3,(H,18,21). The van der Waals surface area contributed by atoms with Gasteiger partial charge in [0.05, 0.1) is 5.51 Å². The molecule has 3 heterocycles. The van der Waals surface area contributed by atoms with Gasteiger partial charge in [0.15, 0.2) is 5.82 Å². The van der Waals surface area contributed by atoms with Crippen LogP contribution < -0.4 is 15.8 Å². The number of rotatable bonds is 4. The molecule has 0 aromatic carbocycles. The molecule has 2 aromatic rings. The molecule has 0 saturated carbocycles. The fourth-order valence-electron chi connectivity index (χ4n) is 2.72. The number of anilines is 1. The minimum atomic E-state index is -0.129. The number of carbonyl (C=O) groups is 1. The third-order valence-corrected chi connectivity index (χ3v) is 4.62. The molecule has 7 nitrogen and oxygen atoms in total. The fourth-order valence-corrected chi connectivity index (χ4v) is 3.25. The van der Waals surface area contributed by atoms with Gasteiger partial charge in [0.1, 0.15) is 5.69 Å². The van der Waals surface area contributed by atoms with Crippen LogP contribution in [0, 0.1) is 0 Å². The van der Waals surface area contributed by atoms with Gasteiger partial charge >= 0.3 is 0 Å². The van der Waals surface area contributed by atoms with E-state index in [1.54, 1.807) is 27.9 Å². The van der Waals surface area contributed by atoms with Crippen LogP contribution in [0.2, 0.25) is 0 Å². The zero-order valence-electron chi connectivity index (χ0n) is 12.9. The van der Waals surface area contributed by atoms with Crippen LogP contribution in [0.25, 0.3) is 0 Å². The SMILES string of the molecule is CCn1ccnc(N2CCC(NC(=O)c3cscn3)CC2)c1=O. The maximum Gasteiger partial charge on any atom is 0.293 e. The van der Waals surface area contributed by atoms with E-state index in [1.165, 1.54) is 11.3 Å². The number of thiazole rings is 1. The minimum Gasteiger partial charge on any atom is -0.352 e. The van der Waals surface area contributed by atoms with Gasteiger partial charge in [-0.15, -0.1) is 11.3 Å². The molecule has 0 aliphatic carbocycles. The van der Waals surface area contributed by atoms with Gasteiger partial charge in [-0.1, -0.05) is 0 Å². The number of hydrogen-bond donors (Lipinski definition) is 1. The molecule has 0 radical (unpaired) electrons. The molecule has 2 aromatic heterocycles. The van der Waals surface area contributed by atoms with Gasteiger partial charge in [0.2, 0.25) is 0 Å². The Hall–Kier alpha value is -2.22. The van der Waals surface area contributed by atoms with Crippen molar-refractivity contribution in [2.75, 3.05) is 18.0 Å². The Morgan fingerprint density at radius 2 is 2.17 bits per heavy atom. The van der Waals surface area contributed by atoms with Crippen LogP contribution in [-0.4, -0.2) is 39.6 Å². The second kappa shape index (κ2) is 6.91. The quantitative estimate of drug-likeness (QED) is 0.907. The molecule has 1 amide bonds. The first kappa shape index (κ1) is 15.7. The van der Waals surface area contributed by atoms with E-state index in [2.05, 4.69) is 15.3 Å². The maximum absolute atomic E-state index is 12.3. The summed E-state index contributed by atoms with van der Waals surface area (Å²) in [6.07, 6.45) is 4.94. The first-order valence-electron chi connectivity index (χ1n) is 7.68. The number of aryl methyl sites for hydroxylation is 1. The number of nitrogens with zero attached hydrogens (tertiary/aromatic N) is 4. The Morgan fingerprint density at radius 1 is 1.39 bits per heavy atom. The van der Waals surface area contributed by atoms with Crippen LogP contribution in [0.1, 0.15) is 30.3 Å². The van der Waals surface area contributed by atoms with E-state index in [0.29, 0.717) is 31.1 Å². The molecule has 0 atom stereocenters. The lowest BCUT2D eigenvalue weighted by molar-refractivity contribution is 0.0926. The number of amides is 1. The molecule has 3 rings (SSSR count). The van der Waals surface area contributed by atoms with Crippen LogP contribution in [0.4, 0.5) is 5.82 Å². The number of piperidine rings is 1. The lowest BCUT2D eigenvalue weighted by Gasteiger charge is -2.32. The van der Waals surface area contributed by atoms with Gasteiger partial charge in [0.25, 0.3) is 11.5 Å². The van der Waals surface area contributed by atoms with Crippen molar-refractivity contribution < 1.29 is 4.79 Å². The van der Waals surface area contributed by atoms with E-state index in [0.717, 1.165) is 12.8 Å². The third kappa shape index (κ3) is 3.42. The van der Waals surface area contributed by atoms with Crippen molar-refractivity contribution in [3.05, 3.63) is 39.3 Å². The zero-order chi connectivity index (χ0) is 16.2. The molecular weight excluding hydrogens is 314 g/mol. The summed E-state index contributed by atoms with van der Waals surface area (Å²) in [7, 11) is 0. The van der Waals surface area contributed by atoms with Crippen LogP contribution in [-0.2, 0) is 6.54 Å². The average Bonchev–Trinajstić information content (AvgIpc) is 3.11. The Bertz CT molecular complexity index is 720. The van der Waals surface area contributed by atoms with Crippen LogP contribution >= 0.6 is 11.3 Å². The number of hydrogen-bond acceptors (Lipinski definition) is 6. The van der Waals surface area contributed by atoms with Crippen LogP contribution in [0.5, 0.6) is 0 Å². The Balaban J connectivity index is 1.61. The first-order chi connectivity index (χ1) is 11.2. The topological polar surface area (TPSA) is 80.1 Å². The maximum atomic E-state index is 12.3. The molecule has 1 saturated heterocycles. The van der Waals surface area contributed by atoms with Gasteiger partial charge < -0.3 is 14.8 Å². The molecule has 1 fully saturated rings. The van der Waals surface area contributed by atoms with E-state index in [4.69, 9.17) is 0 Å². The van der Waals surface area contributed by atoms with Crippen molar-refractivity contribution in [1.82, 2.24) is 19.9 Å². The lowest BCUT2D eigenvalue weighted by atomic mass is 10.0. The predicted molar refractivity (Wildman–Crippen MR) is 89.0 cm³/mol. The van der Waals surface area contributed by atoms with Crippen molar-refractivity contribution in [3.63, 3.8) is 0 Å². The highest BCUT2D eigenvalue weighted by Crippen LogP contribution is 2.15. The average molecular weight is 333 g/mol. The molecule has 0 bridgehead atoms. The van der Waals surface area contributed by atoms with E-state index in [-0.39, 0.29) is 17.5 Å². The summed E-state index contributed by atoms with van der Waals surface area (Å²) < 4.78 is 1.65. The Morgan fingerprint density at radius 3 is 2.83 bits per heavy atom. The summed E-state index contributed by atoms with van der Waals surface area (Å²) in [4.78, 5) is 34.6. The first-order valence-corrected chi connectivity index (χ1v) is 8.62. The Labute approximate surface area is 138 Å². The van der Waals surface area contributed by atoms with Gasteiger partial charge in [-0.05, 0) is 19.8 Å². The molecule has 0 spiro atoms. The summed E-state index contributed by atoms with van der Waals surface area (Å²) in [6.45, 7) is 3.98. The predicted octanol–water partition coefficient (Wildman–Crippen LogP) is 1.12. The molecule has 1 aliphatic rings. The summed E-state index contributed by atoms with van der Waals surface area (Å²) in [5.41, 5.74) is 2.06. The summed E-state index contributed by atoms with van der Waals surface area (Å²) in [5, 5.41) is 4.75. The van der Waals surface area contributed by atoms with Crippen molar-refractivity contribution in [3.8, 4) is 0 Å². The molecule has 8 heteroatoms. The highest BCUT2D eigenvalue weighted by molar-refractivity contribution is 7.07. The summed E-state index contributed by atoms with van der Waals surface area (Å²) >= 11 is 1.41. The number of carbonyl (C=O) groups excluding carboxylic acids is 1. The molecular formula is C15H19N5O2S. The second-order valence-corrected chi connectivity index (χ2v) is 6.17. The molecule has 1 N–H and O–H groups in total. The monoisotopic (exact) mass is 333 g/mol. The van der Waals surface area contributed by atoms with E-state index in [9.17, 15) is 9.59 Å². The molecule has 23 heavy (non-hydrogen) atoms. The highest BCUT2D eigenvalue weighted by Gasteiger charge is 2.24. The van der Waals surface area contributed by atoms with Crippen molar-refractivity contribution in [2.24, 2.45) is 0 Å². The van der Waals surface area contributed by atoms with Crippen molar-refractivity contribution in [2.45, 2.75) is 32.4 Å². The highest BCUT2D eigenvalue weighted by atomic mass is 32.1. The number of aromatic nitrogens is 3. The van der Waals surface area contributed by atoms with Gasteiger partial charge in [-0.25, -0.2) is 9.97 Å². The van der Waals surface area contributed by atoms with Crippen LogP contribution in [0.3, 0.4) is 0 Å². The molecule has 0 unspecified atom stereocenters. The Kier molecular flexibility index (Phi) is 4.71. The second-order valence-electron chi connectivity index (χ2n) is 5.45. The normalized spacial score (nSPS) is 15.6. The third-order valence-electron chi connectivity index (χ3n) is 4.03. The zero-order valence-corrected chi connectivity index (χ0v) is 13.8. The van der Waals surface area contributed by atoms with Gasteiger partial charge in [0, 0.05) is 43.4 Å². The lowest BCUT2D eigenvalue weighted by Crippen LogP contribution is -2.46. The molecule has 122 valence electrons. The number of nitrogens with one attached hydrogen (secondary N) is 1. The van der Waals surface area contributed by atoms with Crippen LogP contribution in [0.15, 0.2) is 28.1 Å². The van der Waals surface area contributed by atoms with E-state index >= 15 is 0 Å². The molecule has 1 aliphatic heterocycles. The smallest absolute Gasteiger partial charge is 0.293 e.